The highest BCUT2D eigenvalue weighted by atomic mass is 79.9. The Kier molecular flexibility index (Phi) is 7.37. The number of nitrogens with one attached hydrogen (secondary N) is 2. The summed E-state index contributed by atoms with van der Waals surface area (Å²) in [7, 11) is 2.79. The Hall–Kier alpha value is -3.44. The smallest absolute Gasteiger partial charge is 0.256 e. The molecule has 2 aromatic heterocycles. The first-order valence-corrected chi connectivity index (χ1v) is 11.4. The first kappa shape index (κ1) is 24.7. The van der Waals surface area contributed by atoms with Gasteiger partial charge in [-0.15, -0.1) is 0 Å². The number of pyridine rings is 2. The van der Waals surface area contributed by atoms with Gasteiger partial charge in [0.05, 0.1) is 43.9 Å². The summed E-state index contributed by atoms with van der Waals surface area (Å²) in [6, 6.07) is 5.45. The van der Waals surface area contributed by atoms with Gasteiger partial charge in [0.1, 0.15) is 0 Å². The number of aromatic nitrogens is 2. The fraction of sp³-hybridized carbons (Fsp3) is 0.250. The van der Waals surface area contributed by atoms with Crippen LogP contribution in [0.5, 0.6) is 11.5 Å². The maximum absolute atomic E-state index is 13.8. The lowest BCUT2D eigenvalue weighted by atomic mass is 10.1. The highest BCUT2D eigenvalue weighted by Gasteiger charge is 2.17. The summed E-state index contributed by atoms with van der Waals surface area (Å²) in [6.45, 7) is 2.75. The predicted molar refractivity (Wildman–Crippen MR) is 133 cm³/mol. The molecule has 184 valence electrons. The monoisotopic (exact) mass is 549 g/mol. The molecule has 0 spiro atoms. The van der Waals surface area contributed by atoms with Gasteiger partial charge in [0.2, 0.25) is 0 Å². The molecule has 2 aromatic carbocycles. The fourth-order valence-corrected chi connectivity index (χ4v) is 4.29. The minimum absolute atomic E-state index is 0.119. The summed E-state index contributed by atoms with van der Waals surface area (Å²) in [6.07, 6.45) is 3.18. The van der Waals surface area contributed by atoms with Crippen molar-refractivity contribution >= 4 is 43.2 Å². The number of morpholine rings is 1. The molecule has 0 atom stereocenters. The Labute approximate surface area is 206 Å². The maximum Gasteiger partial charge on any atom is 0.256 e. The number of aromatic amines is 2. The molecule has 1 aliphatic heterocycles. The lowest BCUT2D eigenvalue weighted by molar-refractivity contribution is 0.123. The van der Waals surface area contributed by atoms with Crippen LogP contribution < -0.4 is 25.5 Å². The molecule has 1 saturated heterocycles. The summed E-state index contributed by atoms with van der Waals surface area (Å²) in [4.78, 5) is 30.5. The van der Waals surface area contributed by atoms with E-state index < -0.39 is 11.6 Å². The van der Waals surface area contributed by atoms with Crippen molar-refractivity contribution in [3.63, 3.8) is 0 Å². The third kappa shape index (κ3) is 5.01. The van der Waals surface area contributed by atoms with Gasteiger partial charge in [-0.3, -0.25) is 9.59 Å². The van der Waals surface area contributed by atoms with Crippen LogP contribution in [0.1, 0.15) is 0 Å². The average Bonchev–Trinajstić information content (AvgIpc) is 2.87. The van der Waals surface area contributed by atoms with Gasteiger partial charge in [-0.2, -0.15) is 0 Å². The number of halogens is 3. The Morgan fingerprint density at radius 2 is 1.34 bits per heavy atom. The normalized spacial score (nSPS) is 13.5. The highest BCUT2D eigenvalue weighted by molar-refractivity contribution is 9.10. The van der Waals surface area contributed by atoms with Gasteiger partial charge in [-0.1, -0.05) is 0 Å². The minimum atomic E-state index is -0.548. The average molecular weight is 550 g/mol. The second kappa shape index (κ2) is 10.4. The lowest BCUT2D eigenvalue weighted by Gasteiger charge is -2.29. The second-order valence-electron chi connectivity index (χ2n) is 7.63. The fourth-order valence-electron chi connectivity index (χ4n) is 3.84. The Morgan fingerprint density at radius 3 is 1.91 bits per heavy atom. The third-order valence-corrected chi connectivity index (χ3v) is 6.28. The van der Waals surface area contributed by atoms with E-state index in [1.54, 1.807) is 12.3 Å². The summed E-state index contributed by atoms with van der Waals surface area (Å²) in [5.74, 6) is -0.829. The van der Waals surface area contributed by atoms with Gasteiger partial charge in [-0.25, -0.2) is 8.78 Å². The van der Waals surface area contributed by atoms with Crippen LogP contribution in [0, 0.1) is 11.6 Å². The van der Waals surface area contributed by atoms with Gasteiger partial charge in [-0.05, 0) is 40.2 Å². The summed E-state index contributed by atoms with van der Waals surface area (Å²) in [5.41, 5.74) is 0.231. The van der Waals surface area contributed by atoms with E-state index in [0.717, 1.165) is 24.8 Å². The van der Waals surface area contributed by atoms with Crippen molar-refractivity contribution in [3.8, 4) is 11.5 Å². The van der Waals surface area contributed by atoms with Gasteiger partial charge in [0, 0.05) is 40.7 Å². The third-order valence-electron chi connectivity index (χ3n) is 5.63. The van der Waals surface area contributed by atoms with Crippen LogP contribution in [0.4, 0.5) is 14.5 Å². The van der Waals surface area contributed by atoms with Gasteiger partial charge >= 0.3 is 0 Å². The van der Waals surface area contributed by atoms with Gasteiger partial charge in [0.15, 0.2) is 23.1 Å². The number of rotatable bonds is 3. The first-order valence-electron chi connectivity index (χ1n) is 10.6. The molecule has 0 unspecified atom stereocenters. The number of methoxy groups -OCH3 is 2. The lowest BCUT2D eigenvalue weighted by Crippen LogP contribution is -2.36. The zero-order valence-corrected chi connectivity index (χ0v) is 20.5. The summed E-state index contributed by atoms with van der Waals surface area (Å²) < 4.78 is 43.0. The predicted octanol–water partition coefficient (Wildman–Crippen LogP) is 3.95. The van der Waals surface area contributed by atoms with Gasteiger partial charge < -0.3 is 29.1 Å². The molecule has 0 aliphatic carbocycles. The number of ether oxygens (including phenoxy) is 3. The molecule has 4 aromatic rings. The van der Waals surface area contributed by atoms with Crippen molar-refractivity contribution in [2.24, 2.45) is 0 Å². The standard InChI is InChI=1S/C14H15FN2O3.C10H7BrFNO2/c1-19-13-7-9-10(6-11(13)15)14(18)16-8-12(9)17-2-4-20-5-3-17;1-15-9-3-5-6(2-8(9)12)10(14)13-4-7(5)11/h6-8H,2-5H2,1H3,(H,16,18);2-4H,1H3,(H,13,14). The van der Waals surface area contributed by atoms with Crippen molar-refractivity contribution in [3.05, 3.63) is 73.5 Å². The van der Waals surface area contributed by atoms with Crippen molar-refractivity contribution in [1.82, 2.24) is 9.97 Å². The highest BCUT2D eigenvalue weighted by Crippen LogP contribution is 2.30. The molecule has 5 rings (SSSR count). The zero-order valence-electron chi connectivity index (χ0n) is 18.9. The minimum Gasteiger partial charge on any atom is -0.494 e. The number of fused-ring (bicyclic) bond motifs is 2. The second-order valence-corrected chi connectivity index (χ2v) is 8.49. The van der Waals surface area contributed by atoms with E-state index in [1.165, 1.54) is 32.5 Å². The molecular weight excluding hydrogens is 528 g/mol. The van der Waals surface area contributed by atoms with Crippen molar-refractivity contribution in [2.45, 2.75) is 0 Å². The summed E-state index contributed by atoms with van der Waals surface area (Å²) >= 11 is 3.27. The van der Waals surface area contributed by atoms with E-state index in [1.807, 2.05) is 0 Å². The molecule has 8 nitrogen and oxygen atoms in total. The summed E-state index contributed by atoms with van der Waals surface area (Å²) in [5, 5.41) is 1.93. The maximum atomic E-state index is 13.8. The largest absolute Gasteiger partial charge is 0.494 e. The number of benzene rings is 2. The molecule has 2 N–H and O–H groups in total. The van der Waals surface area contributed by atoms with E-state index in [9.17, 15) is 18.4 Å². The molecule has 3 heterocycles. The van der Waals surface area contributed by atoms with Crippen molar-refractivity contribution < 1.29 is 23.0 Å². The van der Waals surface area contributed by atoms with Gasteiger partial charge in [0.25, 0.3) is 11.1 Å². The molecule has 0 radical (unpaired) electrons. The van der Waals surface area contributed by atoms with Crippen LogP contribution in [0.3, 0.4) is 0 Å². The molecule has 1 aliphatic rings. The number of anilines is 1. The number of nitrogens with zero attached hydrogens (tertiary/aromatic N) is 1. The van der Waals surface area contributed by atoms with E-state index in [-0.39, 0.29) is 22.6 Å². The van der Waals surface area contributed by atoms with Crippen LogP contribution in [-0.2, 0) is 4.74 Å². The molecule has 0 amide bonds. The Morgan fingerprint density at radius 1 is 0.829 bits per heavy atom. The number of H-pyrrole nitrogens is 2. The van der Waals surface area contributed by atoms with E-state index in [4.69, 9.17) is 14.2 Å². The van der Waals surface area contributed by atoms with E-state index in [0.29, 0.717) is 39.2 Å². The Balaban J connectivity index is 0.000000172. The number of hydrogen-bond donors (Lipinski definition) is 2. The first-order chi connectivity index (χ1) is 16.8. The van der Waals surface area contributed by atoms with Crippen LogP contribution >= 0.6 is 15.9 Å². The SMILES string of the molecule is COc1cc2c(Br)c[nH]c(=O)c2cc1F.COc1cc2c(N3CCOCC3)c[nH]c(=O)c2cc1F. The van der Waals surface area contributed by atoms with Crippen LogP contribution in [0.25, 0.3) is 21.5 Å². The Bertz CT molecular complexity index is 1500. The van der Waals surface area contributed by atoms with Crippen LogP contribution in [-0.4, -0.2) is 50.5 Å². The van der Waals surface area contributed by atoms with Crippen molar-refractivity contribution in [2.75, 3.05) is 45.4 Å². The molecule has 11 heteroatoms. The van der Waals surface area contributed by atoms with E-state index >= 15 is 0 Å². The topological polar surface area (TPSA) is 96.7 Å². The molecular formula is C24H22BrF2N3O5. The molecule has 1 fully saturated rings. The van der Waals surface area contributed by atoms with Crippen LogP contribution in [0.15, 0.2) is 50.7 Å². The van der Waals surface area contributed by atoms with Crippen LogP contribution in [0.2, 0.25) is 0 Å². The van der Waals surface area contributed by atoms with E-state index in [2.05, 4.69) is 30.8 Å². The van der Waals surface area contributed by atoms with Crippen molar-refractivity contribution in [1.29, 1.82) is 0 Å². The molecule has 35 heavy (non-hydrogen) atoms. The zero-order chi connectivity index (χ0) is 25.1. The quantitative estimate of drug-likeness (QED) is 0.401. The molecule has 0 saturated carbocycles. The number of hydrogen-bond acceptors (Lipinski definition) is 6. The molecule has 0 bridgehead atoms.